The number of aliphatic hydroxyl groups is 1. The second kappa shape index (κ2) is 9.61. The molecule has 1 heterocycles. The maximum absolute atomic E-state index is 13.3. The van der Waals surface area contributed by atoms with E-state index in [0.717, 1.165) is 11.1 Å². The average molecular weight is 478 g/mol. The fourth-order valence-electron chi connectivity index (χ4n) is 4.20. The van der Waals surface area contributed by atoms with Crippen molar-refractivity contribution in [1.29, 1.82) is 0 Å². The van der Waals surface area contributed by atoms with Crippen LogP contribution in [-0.2, 0) is 16.1 Å². The lowest BCUT2D eigenvalue weighted by Gasteiger charge is -2.26. The van der Waals surface area contributed by atoms with Crippen molar-refractivity contribution < 1.29 is 24.2 Å². The molecular formula is C27H24ClNO5. The Hall–Kier alpha value is -3.77. The van der Waals surface area contributed by atoms with Gasteiger partial charge in [-0.05, 0) is 36.8 Å². The number of carbonyl (C=O) groups excluding carboxylic acids is 2. The van der Waals surface area contributed by atoms with Gasteiger partial charge in [0.15, 0.2) is 0 Å². The molecule has 0 aliphatic carbocycles. The second-order valence-electron chi connectivity index (χ2n) is 8.00. The fraction of sp³-hybridized carbons (Fsp3) is 0.185. The van der Waals surface area contributed by atoms with Gasteiger partial charge in [0.05, 0.1) is 37.4 Å². The maximum Gasteiger partial charge on any atom is 0.295 e. The zero-order chi connectivity index (χ0) is 24.4. The van der Waals surface area contributed by atoms with Crippen molar-refractivity contribution in [2.45, 2.75) is 19.5 Å². The summed E-state index contributed by atoms with van der Waals surface area (Å²) in [6.07, 6.45) is 0. The third kappa shape index (κ3) is 4.24. The Morgan fingerprint density at radius 2 is 1.76 bits per heavy atom. The molecule has 7 heteroatoms. The number of rotatable bonds is 6. The Balaban J connectivity index is 1.91. The van der Waals surface area contributed by atoms with Crippen LogP contribution in [0, 0.1) is 6.92 Å². The topological polar surface area (TPSA) is 76.1 Å². The lowest BCUT2D eigenvalue weighted by Crippen LogP contribution is -2.29. The van der Waals surface area contributed by atoms with E-state index in [4.69, 9.17) is 21.1 Å². The van der Waals surface area contributed by atoms with Crippen LogP contribution in [0.4, 0.5) is 0 Å². The van der Waals surface area contributed by atoms with E-state index in [1.165, 1.54) is 12.0 Å². The molecule has 0 saturated carbocycles. The van der Waals surface area contributed by atoms with Crippen LogP contribution in [0.25, 0.3) is 5.76 Å². The molecule has 0 bridgehead atoms. The van der Waals surface area contributed by atoms with E-state index < -0.39 is 17.7 Å². The van der Waals surface area contributed by atoms with Gasteiger partial charge in [-0.3, -0.25) is 9.59 Å². The predicted molar refractivity (Wildman–Crippen MR) is 130 cm³/mol. The Labute approximate surface area is 203 Å². The highest BCUT2D eigenvalue weighted by Crippen LogP contribution is 2.42. The molecule has 0 radical (unpaired) electrons. The monoisotopic (exact) mass is 477 g/mol. The number of halogens is 1. The molecule has 1 aliphatic heterocycles. The highest BCUT2D eigenvalue weighted by atomic mass is 35.5. The number of nitrogens with zero attached hydrogens (tertiary/aromatic N) is 1. The molecule has 6 nitrogen and oxygen atoms in total. The van der Waals surface area contributed by atoms with Crippen LogP contribution in [0.3, 0.4) is 0 Å². The molecule has 1 amide bonds. The largest absolute Gasteiger partial charge is 0.507 e. The van der Waals surface area contributed by atoms with E-state index in [-0.39, 0.29) is 28.5 Å². The van der Waals surface area contributed by atoms with Gasteiger partial charge in [-0.25, -0.2) is 0 Å². The van der Waals surface area contributed by atoms with E-state index in [2.05, 4.69) is 0 Å². The molecule has 3 aromatic rings. The van der Waals surface area contributed by atoms with Crippen LogP contribution in [-0.4, -0.2) is 35.9 Å². The average Bonchev–Trinajstić information content (AvgIpc) is 3.09. The molecule has 1 aliphatic rings. The number of para-hydroxylation sites is 1. The first-order valence-corrected chi connectivity index (χ1v) is 11.0. The Kier molecular flexibility index (Phi) is 6.61. The van der Waals surface area contributed by atoms with Crippen LogP contribution < -0.4 is 9.47 Å². The number of amides is 1. The Morgan fingerprint density at radius 3 is 2.47 bits per heavy atom. The van der Waals surface area contributed by atoms with Gasteiger partial charge in [0.2, 0.25) is 0 Å². The lowest BCUT2D eigenvalue weighted by atomic mass is 9.94. The van der Waals surface area contributed by atoms with E-state index in [9.17, 15) is 14.7 Å². The standard InChI is InChI=1S/C27H24ClNO5/c1-16-7-6-9-17(13-16)24-23(25(30)20-14-19(33-2)11-12-21(20)28)26(31)27(32)29(24)15-18-8-4-5-10-22(18)34-3/h4-14,24,30H,15H2,1-3H3/b25-23+. The minimum absolute atomic E-state index is 0.0272. The summed E-state index contributed by atoms with van der Waals surface area (Å²) in [5, 5.41) is 11.5. The number of ketones is 1. The maximum atomic E-state index is 13.3. The number of likely N-dealkylation sites (tertiary alicyclic amines) is 1. The van der Waals surface area contributed by atoms with Gasteiger partial charge in [0, 0.05) is 11.1 Å². The Bertz CT molecular complexity index is 1300. The normalized spacial score (nSPS) is 17.2. The van der Waals surface area contributed by atoms with Gasteiger partial charge < -0.3 is 19.5 Å². The molecule has 4 rings (SSSR count). The smallest absolute Gasteiger partial charge is 0.295 e. The van der Waals surface area contributed by atoms with Crippen molar-refractivity contribution in [2.24, 2.45) is 0 Å². The lowest BCUT2D eigenvalue weighted by molar-refractivity contribution is -0.140. The summed E-state index contributed by atoms with van der Waals surface area (Å²) in [5.74, 6) is -0.781. The number of aliphatic hydroxyl groups excluding tert-OH is 1. The van der Waals surface area contributed by atoms with Gasteiger partial charge in [-0.1, -0.05) is 59.6 Å². The van der Waals surface area contributed by atoms with Crippen molar-refractivity contribution in [1.82, 2.24) is 4.90 Å². The van der Waals surface area contributed by atoms with Crippen LogP contribution >= 0.6 is 11.6 Å². The molecule has 0 spiro atoms. The molecule has 1 atom stereocenters. The molecule has 1 saturated heterocycles. The van der Waals surface area contributed by atoms with E-state index in [0.29, 0.717) is 17.1 Å². The molecule has 0 aromatic heterocycles. The van der Waals surface area contributed by atoms with Gasteiger partial charge >= 0.3 is 0 Å². The van der Waals surface area contributed by atoms with E-state index >= 15 is 0 Å². The predicted octanol–water partition coefficient (Wildman–Crippen LogP) is 5.29. The number of ether oxygens (including phenoxy) is 2. The summed E-state index contributed by atoms with van der Waals surface area (Å²) in [4.78, 5) is 28.0. The zero-order valence-corrected chi connectivity index (χ0v) is 19.8. The van der Waals surface area contributed by atoms with Crippen LogP contribution in [0.1, 0.15) is 28.3 Å². The number of methoxy groups -OCH3 is 2. The van der Waals surface area contributed by atoms with Crippen LogP contribution in [0.2, 0.25) is 5.02 Å². The van der Waals surface area contributed by atoms with Crippen molar-refractivity contribution in [3.05, 3.63) is 99.6 Å². The quantitative estimate of drug-likeness (QED) is 0.296. The first kappa shape index (κ1) is 23.4. The minimum atomic E-state index is -0.813. The number of hydrogen-bond donors (Lipinski definition) is 1. The minimum Gasteiger partial charge on any atom is -0.507 e. The van der Waals surface area contributed by atoms with Gasteiger partial charge in [0.1, 0.15) is 17.3 Å². The van der Waals surface area contributed by atoms with Crippen molar-refractivity contribution in [3.63, 3.8) is 0 Å². The molecule has 1 unspecified atom stereocenters. The molecule has 1 N–H and O–H groups in total. The van der Waals surface area contributed by atoms with Gasteiger partial charge in [0.25, 0.3) is 11.7 Å². The number of benzene rings is 3. The van der Waals surface area contributed by atoms with Gasteiger partial charge in [-0.2, -0.15) is 0 Å². The molecule has 174 valence electrons. The number of aryl methyl sites for hydroxylation is 1. The molecule has 34 heavy (non-hydrogen) atoms. The van der Waals surface area contributed by atoms with Crippen molar-refractivity contribution >= 4 is 29.1 Å². The summed E-state index contributed by atoms with van der Waals surface area (Å²) in [6, 6.07) is 18.8. The third-order valence-corrected chi connectivity index (χ3v) is 6.19. The summed E-state index contributed by atoms with van der Waals surface area (Å²) in [6.45, 7) is 2.05. The van der Waals surface area contributed by atoms with Crippen LogP contribution in [0.15, 0.2) is 72.3 Å². The highest BCUT2D eigenvalue weighted by molar-refractivity contribution is 6.47. The second-order valence-corrected chi connectivity index (χ2v) is 8.41. The Morgan fingerprint density at radius 1 is 1.00 bits per heavy atom. The number of hydrogen-bond acceptors (Lipinski definition) is 5. The van der Waals surface area contributed by atoms with E-state index in [1.54, 1.807) is 31.4 Å². The first-order chi connectivity index (χ1) is 16.3. The molecular weight excluding hydrogens is 454 g/mol. The van der Waals surface area contributed by atoms with E-state index in [1.807, 2.05) is 49.4 Å². The third-order valence-electron chi connectivity index (χ3n) is 5.86. The summed E-state index contributed by atoms with van der Waals surface area (Å²) >= 11 is 6.36. The summed E-state index contributed by atoms with van der Waals surface area (Å²) < 4.78 is 10.7. The van der Waals surface area contributed by atoms with Gasteiger partial charge in [-0.15, -0.1) is 0 Å². The zero-order valence-electron chi connectivity index (χ0n) is 19.0. The SMILES string of the molecule is COc1ccc(Cl)c(/C(O)=C2\C(=O)C(=O)N(Cc3ccccc3OC)C2c2cccc(C)c2)c1. The van der Waals surface area contributed by atoms with Crippen molar-refractivity contribution in [3.8, 4) is 11.5 Å². The summed E-state index contributed by atoms with van der Waals surface area (Å²) in [7, 11) is 3.04. The number of carbonyl (C=O) groups is 2. The first-order valence-electron chi connectivity index (χ1n) is 10.7. The number of Topliss-reactive ketones (excluding diaryl/α,β-unsaturated/α-hetero) is 1. The fourth-order valence-corrected chi connectivity index (χ4v) is 4.41. The highest BCUT2D eigenvalue weighted by Gasteiger charge is 2.46. The molecule has 3 aromatic carbocycles. The van der Waals surface area contributed by atoms with Crippen molar-refractivity contribution in [2.75, 3.05) is 14.2 Å². The molecule has 1 fully saturated rings. The summed E-state index contributed by atoms with van der Waals surface area (Å²) in [5.41, 5.74) is 2.59. The van der Waals surface area contributed by atoms with Crippen LogP contribution in [0.5, 0.6) is 11.5 Å².